The van der Waals surface area contributed by atoms with Crippen LogP contribution in [0.4, 0.5) is 0 Å². The Bertz CT molecular complexity index is 604. The number of carbonyl (C=O) groups is 1. The summed E-state index contributed by atoms with van der Waals surface area (Å²) in [5.74, 6) is 0.224. The van der Waals surface area contributed by atoms with Crippen LogP contribution in [0, 0.1) is 5.92 Å². The molecule has 1 aliphatic heterocycles. The number of nitrogens with one attached hydrogen (secondary N) is 1. The van der Waals surface area contributed by atoms with E-state index >= 15 is 0 Å². The van der Waals surface area contributed by atoms with Crippen LogP contribution in [0.1, 0.15) is 23.7 Å². The van der Waals surface area contributed by atoms with Crippen molar-refractivity contribution in [3.63, 3.8) is 0 Å². The Morgan fingerprint density at radius 3 is 2.76 bits per heavy atom. The van der Waals surface area contributed by atoms with E-state index < -0.39 is 10.0 Å². The highest BCUT2D eigenvalue weighted by atomic mass is 35.5. The molecule has 1 atom stereocenters. The van der Waals surface area contributed by atoms with Gasteiger partial charge in [-0.3, -0.25) is 4.79 Å². The van der Waals surface area contributed by atoms with Gasteiger partial charge in [-0.15, -0.1) is 12.4 Å². The number of sulfonamides is 1. The molecule has 0 bridgehead atoms. The summed E-state index contributed by atoms with van der Waals surface area (Å²) in [4.78, 5) is 11.6. The summed E-state index contributed by atoms with van der Waals surface area (Å²) in [6, 6.07) is 6.26. The average molecular weight is 333 g/mol. The molecule has 2 rings (SSSR count). The lowest BCUT2D eigenvalue weighted by atomic mass is 10.1. The summed E-state index contributed by atoms with van der Waals surface area (Å²) < 4.78 is 26.6. The van der Waals surface area contributed by atoms with Gasteiger partial charge in [0.25, 0.3) is 0 Å². The molecule has 1 aromatic carbocycles. The van der Waals surface area contributed by atoms with Crippen molar-refractivity contribution in [1.29, 1.82) is 0 Å². The zero-order valence-electron chi connectivity index (χ0n) is 12.2. The second-order valence-electron chi connectivity index (χ2n) is 5.16. The number of benzene rings is 1. The van der Waals surface area contributed by atoms with Crippen LogP contribution in [-0.4, -0.2) is 45.2 Å². The van der Waals surface area contributed by atoms with E-state index in [4.69, 9.17) is 0 Å². The molecule has 1 unspecified atom stereocenters. The van der Waals surface area contributed by atoms with Crippen molar-refractivity contribution in [3.05, 3.63) is 29.8 Å². The Kier molecular flexibility index (Phi) is 6.34. The van der Waals surface area contributed by atoms with Gasteiger partial charge in [-0.1, -0.05) is 12.1 Å². The molecule has 0 aromatic heterocycles. The first-order chi connectivity index (χ1) is 9.45. The third-order valence-electron chi connectivity index (χ3n) is 3.62. The summed E-state index contributed by atoms with van der Waals surface area (Å²) in [7, 11) is -1.62. The molecule has 118 valence electrons. The van der Waals surface area contributed by atoms with Crippen LogP contribution in [0.15, 0.2) is 29.2 Å². The molecule has 21 heavy (non-hydrogen) atoms. The van der Waals surface area contributed by atoms with Gasteiger partial charge in [-0.2, -0.15) is 4.31 Å². The molecule has 5 nitrogen and oxygen atoms in total. The van der Waals surface area contributed by atoms with Gasteiger partial charge < -0.3 is 5.32 Å². The molecule has 0 radical (unpaired) electrons. The fourth-order valence-electron chi connectivity index (χ4n) is 2.50. The normalized spacial score (nSPS) is 19.2. The third-order valence-corrected chi connectivity index (χ3v) is 5.48. The largest absolute Gasteiger partial charge is 0.319 e. The van der Waals surface area contributed by atoms with E-state index in [2.05, 4.69) is 5.32 Å². The third kappa shape index (κ3) is 4.03. The second-order valence-corrected chi connectivity index (χ2v) is 7.10. The topological polar surface area (TPSA) is 66.5 Å². The van der Waals surface area contributed by atoms with Gasteiger partial charge in [-0.25, -0.2) is 8.42 Å². The highest BCUT2D eigenvalue weighted by molar-refractivity contribution is 7.89. The summed E-state index contributed by atoms with van der Waals surface area (Å²) in [6.45, 7) is 3.33. The van der Waals surface area contributed by atoms with Crippen LogP contribution in [0.5, 0.6) is 0 Å². The van der Waals surface area contributed by atoms with Crippen LogP contribution in [0.3, 0.4) is 0 Å². The molecule has 7 heteroatoms. The molecule has 0 spiro atoms. The minimum atomic E-state index is -3.49. The van der Waals surface area contributed by atoms with Crippen molar-refractivity contribution >= 4 is 28.2 Å². The van der Waals surface area contributed by atoms with Gasteiger partial charge in [0.15, 0.2) is 5.78 Å². The quantitative estimate of drug-likeness (QED) is 0.831. The molecule has 1 heterocycles. The molecule has 1 fully saturated rings. The second kappa shape index (κ2) is 7.35. The van der Waals surface area contributed by atoms with Crippen molar-refractivity contribution < 1.29 is 13.2 Å². The van der Waals surface area contributed by atoms with E-state index in [1.807, 2.05) is 7.05 Å². The van der Waals surface area contributed by atoms with Gasteiger partial charge in [0, 0.05) is 18.7 Å². The van der Waals surface area contributed by atoms with Gasteiger partial charge in [0.1, 0.15) is 0 Å². The average Bonchev–Trinajstić information content (AvgIpc) is 2.88. The lowest BCUT2D eigenvalue weighted by Crippen LogP contribution is -2.30. The Morgan fingerprint density at radius 1 is 1.43 bits per heavy atom. The minimum absolute atomic E-state index is 0. The molecule has 1 aromatic rings. The summed E-state index contributed by atoms with van der Waals surface area (Å²) in [5, 5.41) is 3.08. The first-order valence-electron chi connectivity index (χ1n) is 6.71. The van der Waals surface area contributed by atoms with E-state index in [0.29, 0.717) is 24.6 Å². The van der Waals surface area contributed by atoms with Crippen molar-refractivity contribution in [1.82, 2.24) is 9.62 Å². The molecule has 0 saturated carbocycles. The van der Waals surface area contributed by atoms with Crippen LogP contribution in [0.25, 0.3) is 0 Å². The van der Waals surface area contributed by atoms with Crippen LogP contribution >= 0.6 is 12.4 Å². The summed E-state index contributed by atoms with van der Waals surface area (Å²) >= 11 is 0. The monoisotopic (exact) mass is 332 g/mol. The van der Waals surface area contributed by atoms with Crippen LogP contribution in [-0.2, 0) is 10.0 Å². The number of hydrogen-bond acceptors (Lipinski definition) is 4. The first kappa shape index (κ1) is 18.1. The fourth-order valence-corrected chi connectivity index (χ4v) is 4.07. The number of Topliss-reactive ketones (excluding diaryl/α,β-unsaturated/α-hetero) is 1. The molecule has 1 N–H and O–H groups in total. The lowest BCUT2D eigenvalue weighted by molar-refractivity contribution is 0.101. The standard InChI is InChI=1S/C14H20N2O3S.ClH/c1-11(17)13-4-3-5-14(8-13)20(18,19)16-7-6-12(10-16)9-15-2;/h3-5,8,12,15H,6-7,9-10H2,1-2H3;1H. The Morgan fingerprint density at radius 2 is 2.14 bits per heavy atom. The number of hydrogen-bond donors (Lipinski definition) is 1. The zero-order chi connectivity index (χ0) is 14.8. The van der Waals surface area contributed by atoms with E-state index in [9.17, 15) is 13.2 Å². The maximum atomic E-state index is 12.6. The number of ketones is 1. The number of halogens is 1. The maximum Gasteiger partial charge on any atom is 0.243 e. The predicted octanol–water partition coefficient (Wildman–Crippen LogP) is 1.54. The maximum absolute atomic E-state index is 12.6. The van der Waals surface area contributed by atoms with Crippen LogP contribution < -0.4 is 5.32 Å². The van der Waals surface area contributed by atoms with Crippen molar-refractivity contribution in [2.75, 3.05) is 26.7 Å². The lowest BCUT2D eigenvalue weighted by Gasteiger charge is -2.17. The van der Waals surface area contributed by atoms with Crippen molar-refractivity contribution in [2.24, 2.45) is 5.92 Å². The molecule has 1 aliphatic rings. The summed E-state index contributed by atoms with van der Waals surface area (Å²) in [6.07, 6.45) is 0.868. The van der Waals surface area contributed by atoms with Gasteiger partial charge in [-0.05, 0) is 45.0 Å². The molecule has 0 aliphatic carbocycles. The molecular weight excluding hydrogens is 312 g/mol. The van der Waals surface area contributed by atoms with Crippen LogP contribution in [0.2, 0.25) is 0 Å². The van der Waals surface area contributed by atoms with Gasteiger partial charge >= 0.3 is 0 Å². The number of nitrogens with zero attached hydrogens (tertiary/aromatic N) is 1. The number of rotatable bonds is 5. The zero-order valence-corrected chi connectivity index (χ0v) is 13.8. The van der Waals surface area contributed by atoms with E-state index in [1.54, 1.807) is 18.2 Å². The first-order valence-corrected chi connectivity index (χ1v) is 8.15. The number of carbonyl (C=O) groups excluding carboxylic acids is 1. The van der Waals surface area contributed by atoms with Crippen molar-refractivity contribution in [2.45, 2.75) is 18.2 Å². The van der Waals surface area contributed by atoms with E-state index in [-0.39, 0.29) is 23.1 Å². The summed E-state index contributed by atoms with van der Waals surface area (Å²) in [5.41, 5.74) is 0.428. The highest BCUT2D eigenvalue weighted by Gasteiger charge is 2.32. The van der Waals surface area contributed by atoms with Crippen molar-refractivity contribution in [3.8, 4) is 0 Å². The van der Waals surface area contributed by atoms with E-state index in [0.717, 1.165) is 13.0 Å². The SMILES string of the molecule is CNCC1CCN(S(=O)(=O)c2cccc(C(C)=O)c2)C1.Cl. The highest BCUT2D eigenvalue weighted by Crippen LogP contribution is 2.24. The van der Waals surface area contributed by atoms with Gasteiger partial charge in [0.2, 0.25) is 10.0 Å². The Labute approximate surface area is 132 Å². The fraction of sp³-hybridized carbons (Fsp3) is 0.500. The Hall–Kier alpha value is -0.950. The molecular formula is C14H21ClN2O3S. The Balaban J connectivity index is 0.00000220. The smallest absolute Gasteiger partial charge is 0.243 e. The molecule has 1 saturated heterocycles. The minimum Gasteiger partial charge on any atom is -0.319 e. The van der Waals surface area contributed by atoms with E-state index in [1.165, 1.54) is 17.3 Å². The predicted molar refractivity (Wildman–Crippen MR) is 84.5 cm³/mol. The van der Waals surface area contributed by atoms with Gasteiger partial charge in [0.05, 0.1) is 4.90 Å². The molecule has 0 amide bonds.